The Morgan fingerprint density at radius 3 is 0.970 bits per heavy atom. The molecule has 10 heteroatoms. The molecular formula is C122H98N8Pt2-6. The van der Waals surface area contributed by atoms with Gasteiger partial charge in [-0.25, -0.2) is 9.97 Å². The summed E-state index contributed by atoms with van der Waals surface area (Å²) in [5, 5.41) is 4.08. The average molecular weight is 2100 g/mol. The number of hydrogen-bond acceptors (Lipinski definition) is 6. The molecule has 0 saturated heterocycles. The molecule has 0 spiro atoms. The van der Waals surface area contributed by atoms with E-state index >= 15 is 0 Å². The molecule has 2 aliphatic heterocycles. The van der Waals surface area contributed by atoms with Gasteiger partial charge in [0.1, 0.15) is 11.6 Å². The second-order valence-corrected chi connectivity index (χ2v) is 34.8. The number of benzene rings is 16. The Bertz CT molecular complexity index is 9420. The van der Waals surface area contributed by atoms with Crippen molar-refractivity contribution in [1.29, 1.82) is 0 Å². The molecule has 0 bridgehead atoms. The van der Waals surface area contributed by atoms with Crippen molar-refractivity contribution in [3.63, 3.8) is 0 Å². The summed E-state index contributed by atoms with van der Waals surface area (Å²) in [5.41, 5.74) is 4.63. The molecule has 652 valence electrons. The molecule has 20 aromatic rings. The fraction of sp³-hybridized carbons (Fsp3) is 0.115. The molecule has 6 heterocycles. The molecule has 4 aromatic heterocycles. The van der Waals surface area contributed by atoms with Gasteiger partial charge in [-0.05, 0) is 173 Å². The molecule has 0 N–H and O–H groups in total. The molecule has 16 aromatic carbocycles. The van der Waals surface area contributed by atoms with Crippen LogP contribution in [0.25, 0.3) is 122 Å². The molecule has 0 atom stereocenters. The Morgan fingerprint density at radius 2 is 0.598 bits per heavy atom. The van der Waals surface area contributed by atoms with Gasteiger partial charge >= 0.3 is 0 Å². The van der Waals surface area contributed by atoms with E-state index in [1.54, 1.807) is 65.6 Å². The van der Waals surface area contributed by atoms with Gasteiger partial charge < -0.3 is 28.7 Å². The van der Waals surface area contributed by atoms with Gasteiger partial charge in [-0.15, -0.1) is 35.5 Å². The maximum absolute atomic E-state index is 10.1. The van der Waals surface area contributed by atoms with E-state index in [0.717, 1.165) is 88.6 Å². The number of aromatic nitrogens is 4. The van der Waals surface area contributed by atoms with Crippen LogP contribution in [0.15, 0.2) is 400 Å². The van der Waals surface area contributed by atoms with Gasteiger partial charge in [-0.1, -0.05) is 322 Å². The first-order valence-electron chi connectivity index (χ1n) is 58.3. The predicted octanol–water partition coefficient (Wildman–Crippen LogP) is 31.6. The minimum Gasteiger partial charge on any atom is -0.493 e. The number of para-hydroxylation sites is 6. The zero-order valence-corrected chi connectivity index (χ0v) is 77.5. The van der Waals surface area contributed by atoms with Crippen LogP contribution < -0.4 is 19.6 Å². The zero-order valence-electron chi connectivity index (χ0n) is 105. The second kappa shape index (κ2) is 35.7. The first-order valence-corrected chi connectivity index (χ1v) is 42.3. The Kier molecular flexibility index (Phi) is 15.5. The van der Waals surface area contributed by atoms with Crippen LogP contribution in [0.4, 0.5) is 45.5 Å². The van der Waals surface area contributed by atoms with E-state index in [-0.39, 0.29) is 97.7 Å². The fourth-order valence-electron chi connectivity index (χ4n) is 17.1. The van der Waals surface area contributed by atoms with E-state index in [2.05, 4.69) is 157 Å². The van der Waals surface area contributed by atoms with Crippen molar-refractivity contribution in [2.24, 2.45) is 0 Å². The quantitative estimate of drug-likeness (QED) is 0.0899. The van der Waals surface area contributed by atoms with Crippen LogP contribution in [0.2, 0.25) is 0 Å². The van der Waals surface area contributed by atoms with E-state index in [1.807, 2.05) is 102 Å². The first kappa shape index (κ1) is 57.2. The first-order chi connectivity index (χ1) is 76.5. The SMILES string of the molecule is [2H]c1c([2H])c([2H])c(-c2c([2H])c(-c3c([2H])c([2H])c([2H])c([2H])c3[2H])c(N3[CH-]N(c4[c-]c(C(C)(C)c5[c-]c6c(cc5)c5ccccc5n6-c5cc(C(C)(C)C)ccn5)ccc4)c4ccccc43)c(-c3c([2H])c([2H])c([2H])c([2H])c3[2H])c2[2H])c([2H])c1[2H].[2H]c1c([2H])c([2H])c(-c2cc(-c3c([2H])c([2H])c([2H])c([2H])c3[2H])c(N3[CH-]N(c4[c-]c(C(C)(C)c5[c-]c6c(cc5)c5ccccc5n6-c5cc(C(C)(C)C)ccn5)ccc4)c4ccccc43)c(-c3c([2H])c([2H])c([2H])c([2H])c3[2H])c2)c([2H])c1[2H].[Pt].[Pt]. The Labute approximate surface area is 849 Å². The maximum Gasteiger partial charge on any atom is 0.135 e. The van der Waals surface area contributed by atoms with Crippen molar-refractivity contribution in [2.45, 2.75) is 90.9 Å². The molecule has 0 saturated carbocycles. The summed E-state index contributed by atoms with van der Waals surface area (Å²) in [6.07, 6.45) is 3.66. The summed E-state index contributed by atoms with van der Waals surface area (Å²) in [7, 11) is 0. The smallest absolute Gasteiger partial charge is 0.135 e. The van der Waals surface area contributed by atoms with Gasteiger partial charge in [0.2, 0.25) is 0 Å². The van der Waals surface area contributed by atoms with Crippen LogP contribution in [0.5, 0.6) is 0 Å². The van der Waals surface area contributed by atoms with Crippen LogP contribution in [0.3, 0.4) is 0 Å². The number of pyridine rings is 2. The number of anilines is 8. The average Bonchev–Trinajstić information content (AvgIpc) is 0.936. The Hall–Kier alpha value is -14.0. The molecule has 8 nitrogen and oxygen atoms in total. The van der Waals surface area contributed by atoms with E-state index in [1.165, 1.54) is 17.0 Å². The fourth-order valence-corrected chi connectivity index (χ4v) is 17.1. The third-order valence-electron chi connectivity index (χ3n) is 24.0. The monoisotopic (exact) mass is 2100 g/mol. The van der Waals surface area contributed by atoms with Crippen LogP contribution in [0, 0.1) is 37.6 Å². The minimum atomic E-state index is -0.856. The van der Waals surface area contributed by atoms with Crippen molar-refractivity contribution in [3.8, 4) is 78.4 Å². The summed E-state index contributed by atoms with van der Waals surface area (Å²) in [5.74, 6) is 1.51. The van der Waals surface area contributed by atoms with Gasteiger partial charge in [0.05, 0.1) is 43.9 Å². The van der Waals surface area contributed by atoms with Gasteiger partial charge in [0.25, 0.3) is 0 Å². The van der Waals surface area contributed by atoms with E-state index in [4.69, 9.17) is 40.1 Å². The summed E-state index contributed by atoms with van der Waals surface area (Å²) in [6.45, 7) is 24.5. The molecule has 2 aliphatic rings. The van der Waals surface area contributed by atoms with Crippen molar-refractivity contribution in [3.05, 3.63) is 471 Å². The maximum atomic E-state index is 10.1. The summed E-state index contributed by atoms with van der Waals surface area (Å²) >= 11 is 0. The summed E-state index contributed by atoms with van der Waals surface area (Å²) in [6, 6.07) is 51.9. The van der Waals surface area contributed by atoms with E-state index < -0.39 is 238 Å². The molecule has 0 aliphatic carbocycles. The third-order valence-corrected chi connectivity index (χ3v) is 24.0. The van der Waals surface area contributed by atoms with Crippen molar-refractivity contribution in [1.82, 2.24) is 19.1 Å². The molecule has 0 amide bonds. The van der Waals surface area contributed by atoms with Crippen molar-refractivity contribution in [2.75, 3.05) is 19.6 Å². The van der Waals surface area contributed by atoms with Crippen LogP contribution in [-0.4, -0.2) is 19.1 Å². The molecular weight excluding hydrogens is 1970 g/mol. The number of fused-ring (bicyclic) bond motifs is 8. The van der Waals surface area contributed by atoms with Gasteiger partial charge in [0.15, 0.2) is 0 Å². The van der Waals surface area contributed by atoms with Crippen LogP contribution in [-0.2, 0) is 63.8 Å². The topological polar surface area (TPSA) is 48.6 Å². The summed E-state index contributed by atoms with van der Waals surface area (Å²) in [4.78, 5) is 16.4. The standard InChI is InChI=1S/2C61H49N4.2Pt/c2*1-60(2,3)46-34-35-62-58(40-46)65-54-29-16-15-28-50(54)51-33-32-48(39-57(51)65)61(4,5)47-26-19-27-49(38-47)63-41-64(56-31-18-17-30-55(56)63)59-52(43-22-11-7-12-23-43)36-45(42-20-9-6-10-21-42)37-53(59)44-24-13-8-14-25-44;;/h2*6-37,40-41H,1-5H3;;/q2*-3;;/i6D,7D,8D,9D,10D,11D,12D,13D,14D,20D,21D,22D,23D,24D,25D,36D,37D;6D,7D,8D,9D,10D,11D,12D,13D,14D,20D,21D,22D,23D,24D,25D;;. The molecule has 0 radical (unpaired) electrons. The Balaban J connectivity index is 0.000000200. The minimum absolute atomic E-state index is 0. The summed E-state index contributed by atoms with van der Waals surface area (Å²) < 4.78 is 292. The number of nitrogens with zero attached hydrogens (tertiary/aromatic N) is 8. The van der Waals surface area contributed by atoms with Gasteiger partial charge in [0, 0.05) is 122 Å². The van der Waals surface area contributed by atoms with Crippen molar-refractivity contribution >= 4 is 89.1 Å². The van der Waals surface area contributed by atoms with Crippen molar-refractivity contribution < 1.29 is 86.0 Å². The molecule has 22 rings (SSSR count). The zero-order chi connectivity index (χ0) is 116. The largest absolute Gasteiger partial charge is 0.493 e. The van der Waals surface area contributed by atoms with Gasteiger partial charge in [-0.2, -0.15) is 107 Å². The molecule has 0 fully saturated rings. The number of rotatable bonds is 16. The second-order valence-electron chi connectivity index (χ2n) is 34.8. The van der Waals surface area contributed by atoms with Crippen LogP contribution >= 0.6 is 0 Å². The predicted molar refractivity (Wildman–Crippen MR) is 543 cm³/mol. The van der Waals surface area contributed by atoms with E-state index in [9.17, 15) is 13.7 Å². The number of hydrogen-bond donors (Lipinski definition) is 0. The van der Waals surface area contributed by atoms with E-state index in [0.29, 0.717) is 34.1 Å². The molecule has 0 unspecified atom stereocenters. The van der Waals surface area contributed by atoms with Gasteiger partial charge in [-0.3, -0.25) is 0 Å². The third kappa shape index (κ3) is 16.2. The van der Waals surface area contributed by atoms with Crippen LogP contribution in [0.1, 0.15) is 146 Å². The molecule has 132 heavy (non-hydrogen) atoms. The Morgan fingerprint density at radius 1 is 0.280 bits per heavy atom. The normalized spacial score (nSPS) is 16.1.